The first-order valence-corrected chi connectivity index (χ1v) is 6.22. The number of amides is 1. The molecule has 106 valence electrons. The molecule has 18 heavy (non-hydrogen) atoms. The summed E-state index contributed by atoms with van der Waals surface area (Å²) in [5.74, 6) is -0.0424. The van der Waals surface area contributed by atoms with Crippen LogP contribution in [-0.4, -0.2) is 57.9 Å². The molecule has 0 aliphatic heterocycles. The molecule has 0 rings (SSSR count). The van der Waals surface area contributed by atoms with E-state index >= 15 is 0 Å². The van der Waals surface area contributed by atoms with E-state index in [4.69, 9.17) is 14.2 Å². The molecule has 0 radical (unpaired) electrons. The smallest absolute Gasteiger partial charge is 0.245 e. The number of likely N-dealkylation sites (N-methyl/N-ethyl adjacent to an activating group) is 1. The molecular weight excluding hydrogens is 238 g/mol. The van der Waals surface area contributed by atoms with E-state index in [-0.39, 0.29) is 24.9 Å². The van der Waals surface area contributed by atoms with Gasteiger partial charge in [-0.05, 0) is 6.92 Å². The van der Waals surface area contributed by atoms with E-state index in [1.165, 1.54) is 0 Å². The highest BCUT2D eigenvalue weighted by molar-refractivity contribution is 5.79. The lowest BCUT2D eigenvalue weighted by Crippen LogP contribution is -2.27. The summed E-state index contributed by atoms with van der Waals surface area (Å²) in [5.41, 5.74) is 0. The van der Waals surface area contributed by atoms with Gasteiger partial charge in [-0.15, -0.1) is 0 Å². The van der Waals surface area contributed by atoms with Gasteiger partial charge in [0.05, 0.1) is 26.4 Å². The molecule has 1 N–H and O–H groups in total. The molecule has 1 amide bonds. The van der Waals surface area contributed by atoms with Gasteiger partial charge in [0.2, 0.25) is 5.91 Å². The minimum absolute atomic E-state index is 0.0543. The number of ketones is 1. The predicted octanol–water partition coefficient (Wildman–Crippen LogP) is 0.151. The van der Waals surface area contributed by atoms with Crippen molar-refractivity contribution in [3.05, 3.63) is 0 Å². The van der Waals surface area contributed by atoms with Gasteiger partial charge >= 0.3 is 0 Å². The maximum atomic E-state index is 11.0. The zero-order chi connectivity index (χ0) is 13.6. The monoisotopic (exact) mass is 261 g/mol. The van der Waals surface area contributed by atoms with Crippen molar-refractivity contribution >= 4 is 11.7 Å². The van der Waals surface area contributed by atoms with Gasteiger partial charge in [-0.2, -0.15) is 0 Å². The SMILES string of the molecule is CCNC(=O)COCCOCCOCC(=O)CC. The molecule has 0 spiro atoms. The quantitative estimate of drug-likeness (QED) is 0.506. The van der Waals surface area contributed by atoms with Gasteiger partial charge < -0.3 is 19.5 Å². The van der Waals surface area contributed by atoms with E-state index in [0.29, 0.717) is 39.4 Å². The van der Waals surface area contributed by atoms with Crippen molar-refractivity contribution in [2.24, 2.45) is 0 Å². The Kier molecular flexibility index (Phi) is 11.8. The number of rotatable bonds is 12. The van der Waals surface area contributed by atoms with Crippen molar-refractivity contribution in [1.29, 1.82) is 0 Å². The highest BCUT2D eigenvalue weighted by atomic mass is 16.5. The largest absolute Gasteiger partial charge is 0.377 e. The fourth-order valence-electron chi connectivity index (χ4n) is 1.04. The number of hydrogen-bond acceptors (Lipinski definition) is 5. The summed E-state index contributed by atoms with van der Waals surface area (Å²) < 4.78 is 15.4. The van der Waals surface area contributed by atoms with Crippen molar-refractivity contribution in [3.8, 4) is 0 Å². The lowest BCUT2D eigenvalue weighted by molar-refractivity contribution is -0.126. The number of hydrogen-bond donors (Lipinski definition) is 1. The summed E-state index contributed by atoms with van der Waals surface area (Å²) >= 11 is 0. The highest BCUT2D eigenvalue weighted by Crippen LogP contribution is 1.85. The van der Waals surface area contributed by atoms with Crippen molar-refractivity contribution in [1.82, 2.24) is 5.32 Å². The lowest BCUT2D eigenvalue weighted by atomic mass is 10.3. The van der Waals surface area contributed by atoms with Crippen LogP contribution in [0.25, 0.3) is 0 Å². The van der Waals surface area contributed by atoms with E-state index in [0.717, 1.165) is 0 Å². The van der Waals surface area contributed by atoms with Crippen molar-refractivity contribution in [2.75, 3.05) is 46.2 Å². The first-order chi connectivity index (χ1) is 8.70. The summed E-state index contributed by atoms with van der Waals surface area (Å²) in [4.78, 5) is 21.9. The Morgan fingerprint density at radius 1 is 0.889 bits per heavy atom. The Bertz CT molecular complexity index is 233. The first kappa shape index (κ1) is 17.0. The Labute approximate surface area is 108 Å². The summed E-state index contributed by atoms with van der Waals surface area (Å²) in [6, 6.07) is 0. The Morgan fingerprint density at radius 2 is 1.44 bits per heavy atom. The number of carbonyl (C=O) groups excluding carboxylic acids is 2. The molecular formula is C12H23NO5. The van der Waals surface area contributed by atoms with Crippen LogP contribution in [0.2, 0.25) is 0 Å². The Hall–Kier alpha value is -0.980. The van der Waals surface area contributed by atoms with Crippen molar-refractivity contribution in [2.45, 2.75) is 20.3 Å². The predicted molar refractivity (Wildman–Crippen MR) is 66.4 cm³/mol. The zero-order valence-corrected chi connectivity index (χ0v) is 11.2. The number of nitrogens with one attached hydrogen (secondary N) is 1. The maximum absolute atomic E-state index is 11.0. The maximum Gasteiger partial charge on any atom is 0.245 e. The van der Waals surface area contributed by atoms with E-state index in [1.54, 1.807) is 6.92 Å². The summed E-state index contributed by atoms with van der Waals surface area (Å²) in [7, 11) is 0. The fourth-order valence-corrected chi connectivity index (χ4v) is 1.04. The number of carbonyl (C=O) groups is 2. The topological polar surface area (TPSA) is 73.9 Å². The molecule has 0 atom stereocenters. The molecule has 0 fully saturated rings. The van der Waals surface area contributed by atoms with Gasteiger partial charge in [-0.1, -0.05) is 6.92 Å². The third kappa shape index (κ3) is 11.5. The molecule has 6 nitrogen and oxygen atoms in total. The molecule has 0 aliphatic carbocycles. The van der Waals surface area contributed by atoms with Crippen molar-refractivity contribution < 1.29 is 23.8 Å². The zero-order valence-electron chi connectivity index (χ0n) is 11.2. The molecule has 0 saturated heterocycles. The lowest BCUT2D eigenvalue weighted by Gasteiger charge is -2.06. The minimum atomic E-state index is -0.126. The van der Waals surface area contributed by atoms with Crippen LogP contribution in [0.5, 0.6) is 0 Å². The molecule has 0 aromatic rings. The average molecular weight is 261 g/mol. The van der Waals surface area contributed by atoms with Gasteiger partial charge in [0.1, 0.15) is 13.2 Å². The van der Waals surface area contributed by atoms with E-state index in [2.05, 4.69) is 5.32 Å². The van der Waals surface area contributed by atoms with Gasteiger partial charge in [-0.25, -0.2) is 0 Å². The summed E-state index contributed by atoms with van der Waals surface area (Å²) in [6.07, 6.45) is 0.495. The van der Waals surface area contributed by atoms with Gasteiger partial charge in [0.15, 0.2) is 5.78 Å². The van der Waals surface area contributed by atoms with E-state index in [1.807, 2.05) is 6.92 Å². The standard InChI is InChI=1S/C12H23NO5/c1-3-11(14)9-17-7-5-16-6-8-18-10-12(15)13-4-2/h3-10H2,1-2H3,(H,13,15). The minimum Gasteiger partial charge on any atom is -0.377 e. The molecule has 0 heterocycles. The van der Waals surface area contributed by atoms with Crippen LogP contribution in [0.3, 0.4) is 0 Å². The van der Waals surface area contributed by atoms with Gasteiger partial charge in [0, 0.05) is 13.0 Å². The number of Topliss-reactive ketones (excluding diaryl/α,β-unsaturated/α-hetero) is 1. The van der Waals surface area contributed by atoms with Crippen LogP contribution < -0.4 is 5.32 Å². The van der Waals surface area contributed by atoms with Crippen LogP contribution in [0.15, 0.2) is 0 Å². The molecule has 0 aromatic carbocycles. The second kappa shape index (κ2) is 12.5. The molecule has 0 bridgehead atoms. The third-order valence-electron chi connectivity index (χ3n) is 2.01. The Balaban J connectivity index is 3.12. The second-order valence-electron chi connectivity index (χ2n) is 3.56. The first-order valence-electron chi connectivity index (χ1n) is 6.22. The molecule has 0 aromatic heterocycles. The molecule has 0 unspecified atom stereocenters. The summed E-state index contributed by atoms with van der Waals surface area (Å²) in [5, 5.41) is 2.62. The highest BCUT2D eigenvalue weighted by Gasteiger charge is 1.99. The van der Waals surface area contributed by atoms with Crippen molar-refractivity contribution in [3.63, 3.8) is 0 Å². The third-order valence-corrected chi connectivity index (χ3v) is 2.01. The van der Waals surface area contributed by atoms with Crippen LogP contribution in [0.1, 0.15) is 20.3 Å². The van der Waals surface area contributed by atoms with Gasteiger partial charge in [-0.3, -0.25) is 9.59 Å². The van der Waals surface area contributed by atoms with E-state index < -0.39 is 0 Å². The summed E-state index contributed by atoms with van der Waals surface area (Å²) in [6.45, 7) is 6.04. The van der Waals surface area contributed by atoms with Gasteiger partial charge in [0.25, 0.3) is 0 Å². The molecule has 0 saturated carbocycles. The van der Waals surface area contributed by atoms with Crippen LogP contribution in [0, 0.1) is 0 Å². The van der Waals surface area contributed by atoms with Crippen LogP contribution >= 0.6 is 0 Å². The van der Waals surface area contributed by atoms with Crippen LogP contribution in [-0.2, 0) is 23.8 Å². The van der Waals surface area contributed by atoms with E-state index in [9.17, 15) is 9.59 Å². The average Bonchev–Trinajstić information content (AvgIpc) is 2.36. The number of ether oxygens (including phenoxy) is 3. The fraction of sp³-hybridized carbons (Fsp3) is 0.833. The normalized spacial score (nSPS) is 10.3. The van der Waals surface area contributed by atoms with Crippen LogP contribution in [0.4, 0.5) is 0 Å². The second-order valence-corrected chi connectivity index (χ2v) is 3.56. The molecule has 6 heteroatoms. The molecule has 0 aliphatic rings. The Morgan fingerprint density at radius 3 is 2.00 bits per heavy atom.